The summed E-state index contributed by atoms with van der Waals surface area (Å²) < 4.78 is 38.0. The van der Waals surface area contributed by atoms with Crippen molar-refractivity contribution in [3.63, 3.8) is 0 Å². The molecule has 0 aliphatic heterocycles. The molecule has 0 radical (unpaired) electrons. The Morgan fingerprint density at radius 3 is 2.81 bits per heavy atom. The van der Waals surface area contributed by atoms with Crippen LogP contribution < -0.4 is 5.32 Å². The molecule has 142 valence electrons. The second kappa shape index (κ2) is 7.79. The van der Waals surface area contributed by atoms with Crippen molar-refractivity contribution < 1.29 is 22.7 Å². The predicted octanol–water partition coefficient (Wildman–Crippen LogP) is 5.04. The third-order valence-electron chi connectivity index (χ3n) is 3.61. The van der Waals surface area contributed by atoms with E-state index in [9.17, 15) is 13.6 Å². The molecular formula is C18H16ClF2N3O3. The number of halogens is 3. The first-order valence-corrected chi connectivity index (χ1v) is 8.36. The normalized spacial score (nSPS) is 11.4. The molecule has 3 rings (SSSR count). The number of aromatic nitrogens is 2. The number of alkyl halides is 2. The fourth-order valence-corrected chi connectivity index (χ4v) is 2.48. The smallest absolute Gasteiger partial charge is 0.412 e. The average molecular weight is 396 g/mol. The van der Waals surface area contributed by atoms with Gasteiger partial charge >= 0.3 is 12.0 Å². The molecule has 0 saturated carbocycles. The van der Waals surface area contributed by atoms with Gasteiger partial charge in [0, 0.05) is 23.7 Å². The average Bonchev–Trinajstić information content (AvgIpc) is 3.24. The number of amides is 1. The minimum absolute atomic E-state index is 0.0278. The number of nitrogens with one attached hydrogen (secondary N) is 1. The van der Waals surface area contributed by atoms with Crippen molar-refractivity contribution in [2.24, 2.45) is 0 Å². The third kappa shape index (κ3) is 5.07. The van der Waals surface area contributed by atoms with E-state index in [0.29, 0.717) is 22.0 Å². The van der Waals surface area contributed by atoms with Gasteiger partial charge in [-0.15, -0.1) is 0 Å². The quantitative estimate of drug-likeness (QED) is 0.635. The maximum Gasteiger partial charge on any atom is 0.412 e. The van der Waals surface area contributed by atoms with Crippen LogP contribution in [0.5, 0.6) is 0 Å². The summed E-state index contributed by atoms with van der Waals surface area (Å²) in [6.45, 7) is 0.937. The minimum Gasteiger partial charge on any atom is -0.458 e. The van der Waals surface area contributed by atoms with E-state index in [4.69, 9.17) is 20.8 Å². The molecule has 27 heavy (non-hydrogen) atoms. The summed E-state index contributed by atoms with van der Waals surface area (Å²) in [6, 6.07) is 9.72. The maximum absolute atomic E-state index is 13.2. The van der Waals surface area contributed by atoms with Crippen molar-refractivity contribution in [2.75, 3.05) is 5.32 Å². The monoisotopic (exact) mass is 395 g/mol. The molecule has 0 aliphatic rings. The lowest BCUT2D eigenvalue weighted by molar-refractivity contribution is -0.00636. The van der Waals surface area contributed by atoms with Gasteiger partial charge in [-0.1, -0.05) is 29.8 Å². The number of anilines is 1. The number of rotatable bonds is 6. The van der Waals surface area contributed by atoms with Crippen LogP contribution in [0, 0.1) is 0 Å². The summed E-state index contributed by atoms with van der Waals surface area (Å²) in [5.74, 6) is -3.13. The van der Waals surface area contributed by atoms with Crippen LogP contribution in [0.1, 0.15) is 24.0 Å². The topological polar surface area (TPSA) is 69.3 Å². The Balaban J connectivity index is 1.54. The summed E-state index contributed by atoms with van der Waals surface area (Å²) in [6.07, 6.45) is 2.28. The SMILES string of the molecule is CC(F)(F)c1ccc(Cn2cc(NC(=O)OCc3ccccc3Cl)cn2)o1. The lowest BCUT2D eigenvalue weighted by Gasteiger charge is -2.06. The molecule has 0 bridgehead atoms. The lowest BCUT2D eigenvalue weighted by Crippen LogP contribution is -2.13. The van der Waals surface area contributed by atoms with Crippen LogP contribution in [0.2, 0.25) is 5.02 Å². The van der Waals surface area contributed by atoms with E-state index in [1.165, 1.54) is 29.2 Å². The molecule has 0 atom stereocenters. The van der Waals surface area contributed by atoms with Crippen molar-refractivity contribution in [3.05, 3.63) is 70.9 Å². The predicted molar refractivity (Wildman–Crippen MR) is 94.9 cm³/mol. The number of furan rings is 1. The summed E-state index contributed by atoms with van der Waals surface area (Å²) in [7, 11) is 0. The van der Waals surface area contributed by atoms with Crippen LogP contribution in [-0.2, 0) is 23.8 Å². The Hall–Kier alpha value is -2.87. The Labute approximate surface area is 158 Å². The fourth-order valence-electron chi connectivity index (χ4n) is 2.29. The number of nitrogens with zero attached hydrogens (tertiary/aromatic N) is 2. The molecule has 1 aromatic carbocycles. The maximum atomic E-state index is 13.2. The van der Waals surface area contributed by atoms with E-state index in [2.05, 4.69) is 10.4 Å². The number of hydrogen-bond acceptors (Lipinski definition) is 4. The van der Waals surface area contributed by atoms with Crippen molar-refractivity contribution in [2.45, 2.75) is 26.0 Å². The fraction of sp³-hybridized carbons (Fsp3) is 0.222. The Morgan fingerprint density at radius 2 is 2.11 bits per heavy atom. The summed E-state index contributed by atoms with van der Waals surface area (Å²) in [5, 5.41) is 7.08. The van der Waals surface area contributed by atoms with E-state index >= 15 is 0 Å². The van der Waals surface area contributed by atoms with Crippen molar-refractivity contribution in [3.8, 4) is 0 Å². The second-order valence-corrected chi connectivity index (χ2v) is 6.28. The van der Waals surface area contributed by atoms with E-state index in [0.717, 1.165) is 6.92 Å². The second-order valence-electron chi connectivity index (χ2n) is 5.87. The number of carbonyl (C=O) groups excluding carboxylic acids is 1. The molecule has 0 spiro atoms. The molecule has 0 unspecified atom stereocenters. The number of carbonyl (C=O) groups is 1. The lowest BCUT2D eigenvalue weighted by atomic mass is 10.2. The van der Waals surface area contributed by atoms with Crippen LogP contribution in [0.4, 0.5) is 19.3 Å². The van der Waals surface area contributed by atoms with E-state index < -0.39 is 17.8 Å². The standard InChI is InChI=1S/C18H16ClF2N3O3/c1-18(20,21)16-7-6-14(27-16)10-24-9-13(8-22-24)23-17(25)26-11-12-4-2-3-5-15(12)19/h2-9H,10-11H2,1H3,(H,23,25). The first-order chi connectivity index (χ1) is 12.8. The molecular weight excluding hydrogens is 380 g/mol. The zero-order valence-corrected chi connectivity index (χ0v) is 15.0. The van der Waals surface area contributed by atoms with E-state index in [-0.39, 0.29) is 13.2 Å². The first-order valence-electron chi connectivity index (χ1n) is 7.98. The van der Waals surface area contributed by atoms with Gasteiger partial charge in [0.25, 0.3) is 0 Å². The van der Waals surface area contributed by atoms with Crippen molar-refractivity contribution in [1.82, 2.24) is 9.78 Å². The van der Waals surface area contributed by atoms with E-state index in [1.807, 2.05) is 0 Å². The minimum atomic E-state index is -3.04. The third-order valence-corrected chi connectivity index (χ3v) is 3.98. The molecule has 0 aliphatic carbocycles. The Bertz CT molecular complexity index is 934. The van der Waals surface area contributed by atoms with Gasteiger partial charge in [-0.2, -0.15) is 13.9 Å². The van der Waals surface area contributed by atoms with Gasteiger partial charge in [-0.05, 0) is 18.2 Å². The first kappa shape index (κ1) is 18.9. The van der Waals surface area contributed by atoms with Gasteiger partial charge in [0.2, 0.25) is 0 Å². The zero-order valence-electron chi connectivity index (χ0n) is 14.3. The number of ether oxygens (including phenoxy) is 1. The highest BCUT2D eigenvalue weighted by Crippen LogP contribution is 2.28. The van der Waals surface area contributed by atoms with Crippen molar-refractivity contribution >= 4 is 23.4 Å². The molecule has 6 nitrogen and oxygen atoms in total. The van der Waals surface area contributed by atoms with Crippen LogP contribution in [0.15, 0.2) is 53.2 Å². The molecule has 3 aromatic rings. The van der Waals surface area contributed by atoms with E-state index in [1.54, 1.807) is 24.3 Å². The number of hydrogen-bond donors (Lipinski definition) is 1. The molecule has 1 N–H and O–H groups in total. The summed E-state index contributed by atoms with van der Waals surface area (Å²) >= 11 is 6.00. The number of benzene rings is 1. The highest BCUT2D eigenvalue weighted by molar-refractivity contribution is 6.31. The van der Waals surface area contributed by atoms with Gasteiger partial charge in [0.05, 0.1) is 18.4 Å². The van der Waals surface area contributed by atoms with Gasteiger partial charge in [-0.3, -0.25) is 10.00 Å². The van der Waals surface area contributed by atoms with Crippen LogP contribution >= 0.6 is 11.6 Å². The van der Waals surface area contributed by atoms with Crippen LogP contribution in [0.3, 0.4) is 0 Å². The molecule has 9 heteroatoms. The summed E-state index contributed by atoms with van der Waals surface area (Å²) in [4.78, 5) is 11.9. The zero-order chi connectivity index (χ0) is 19.4. The van der Waals surface area contributed by atoms with Crippen molar-refractivity contribution in [1.29, 1.82) is 0 Å². The molecule has 2 heterocycles. The highest BCUT2D eigenvalue weighted by atomic mass is 35.5. The molecule has 2 aromatic heterocycles. The molecule has 1 amide bonds. The van der Waals surface area contributed by atoms with Gasteiger partial charge in [-0.25, -0.2) is 4.79 Å². The highest BCUT2D eigenvalue weighted by Gasteiger charge is 2.28. The summed E-state index contributed by atoms with van der Waals surface area (Å²) in [5.41, 5.74) is 1.08. The molecule has 0 saturated heterocycles. The Morgan fingerprint density at radius 1 is 1.33 bits per heavy atom. The van der Waals surface area contributed by atoms with Crippen LogP contribution in [-0.4, -0.2) is 15.9 Å². The van der Waals surface area contributed by atoms with Crippen LogP contribution in [0.25, 0.3) is 0 Å². The van der Waals surface area contributed by atoms with Gasteiger partial charge < -0.3 is 9.15 Å². The van der Waals surface area contributed by atoms with Gasteiger partial charge in [0.1, 0.15) is 12.4 Å². The van der Waals surface area contributed by atoms with Gasteiger partial charge in [0.15, 0.2) is 5.76 Å². The molecule has 0 fully saturated rings. The largest absolute Gasteiger partial charge is 0.458 e. The Kier molecular flexibility index (Phi) is 5.46.